The molecule has 9 heteroatoms. The molecule has 0 amide bonds. The molecular weight excluding hydrogens is 470 g/mol. The van der Waals surface area contributed by atoms with Gasteiger partial charge in [0.1, 0.15) is 0 Å². The Morgan fingerprint density at radius 3 is 1.75 bits per heavy atom. The molecule has 36 heavy (non-hydrogen) atoms. The molecule has 1 aromatic heterocycles. The van der Waals surface area contributed by atoms with Crippen molar-refractivity contribution < 1.29 is 18.6 Å². The van der Waals surface area contributed by atoms with Gasteiger partial charge in [0.25, 0.3) is 0 Å². The molecule has 2 N–H and O–H groups in total. The van der Waals surface area contributed by atoms with Gasteiger partial charge in [-0.2, -0.15) is 11.3 Å². The van der Waals surface area contributed by atoms with Crippen LogP contribution in [-0.2, 0) is 18.6 Å². The Balaban J connectivity index is 1.49. The first-order valence-electron chi connectivity index (χ1n) is 13.1. The van der Waals surface area contributed by atoms with Gasteiger partial charge >= 0.3 is 14.2 Å². The highest BCUT2D eigenvalue weighted by Crippen LogP contribution is 2.40. The fourth-order valence-corrected chi connectivity index (χ4v) is 5.96. The van der Waals surface area contributed by atoms with E-state index in [0.29, 0.717) is 6.04 Å². The van der Waals surface area contributed by atoms with E-state index in [4.69, 9.17) is 24.4 Å². The molecular formula is C27H40B2N2O4S. The predicted octanol–water partition coefficient (Wildman–Crippen LogP) is 3.94. The third kappa shape index (κ3) is 4.56. The van der Waals surface area contributed by atoms with Crippen LogP contribution in [0.3, 0.4) is 0 Å². The van der Waals surface area contributed by atoms with Gasteiger partial charge in [-0.15, -0.1) is 0 Å². The first-order valence-corrected chi connectivity index (χ1v) is 14.0. The van der Waals surface area contributed by atoms with Crippen molar-refractivity contribution in [3.63, 3.8) is 0 Å². The monoisotopic (exact) mass is 510 g/mol. The number of nitrogens with two attached hydrogens (primary N) is 1. The van der Waals surface area contributed by atoms with Crippen LogP contribution in [0.25, 0.3) is 11.1 Å². The summed E-state index contributed by atoms with van der Waals surface area (Å²) in [6.45, 7) is 18.7. The number of piperidine rings is 1. The van der Waals surface area contributed by atoms with E-state index in [1.807, 2.05) is 0 Å². The molecule has 0 unspecified atom stereocenters. The number of rotatable bonds is 4. The predicted molar refractivity (Wildman–Crippen MR) is 151 cm³/mol. The van der Waals surface area contributed by atoms with Crippen molar-refractivity contribution in [3.05, 3.63) is 30.3 Å². The smallest absolute Gasteiger partial charge is 0.399 e. The summed E-state index contributed by atoms with van der Waals surface area (Å²) in [5, 5.41) is 0. The summed E-state index contributed by atoms with van der Waals surface area (Å²) in [6.07, 6.45) is 2.08. The van der Waals surface area contributed by atoms with Gasteiger partial charge in [-0.1, -0.05) is 12.1 Å². The van der Waals surface area contributed by atoms with Crippen LogP contribution in [0.4, 0.5) is 5.69 Å². The summed E-state index contributed by atoms with van der Waals surface area (Å²) in [5.41, 5.74) is 7.97. The van der Waals surface area contributed by atoms with Crippen LogP contribution < -0.4 is 20.2 Å². The fraction of sp³-hybridized carbons (Fsp3) is 0.630. The van der Waals surface area contributed by atoms with Gasteiger partial charge in [0.15, 0.2) is 0 Å². The maximum atomic E-state index is 6.49. The number of hydrogen-bond acceptors (Lipinski definition) is 7. The van der Waals surface area contributed by atoms with Crippen molar-refractivity contribution in [3.8, 4) is 11.1 Å². The van der Waals surface area contributed by atoms with Crippen molar-refractivity contribution in [2.45, 2.75) is 96.7 Å². The largest absolute Gasteiger partial charge is 0.506 e. The minimum Gasteiger partial charge on any atom is -0.399 e. The SMILES string of the molecule is CC1(C)OB(c2cc(-c3ccc(N4CCC(N)CC4)cc3)c(B3OC(C)(C)C(C)(C)O3)s2)OC1(C)C. The summed E-state index contributed by atoms with van der Waals surface area (Å²) in [5.74, 6) is 0. The van der Waals surface area contributed by atoms with E-state index >= 15 is 0 Å². The van der Waals surface area contributed by atoms with Crippen molar-refractivity contribution in [1.29, 1.82) is 0 Å². The van der Waals surface area contributed by atoms with E-state index in [1.165, 1.54) is 5.69 Å². The molecule has 3 fully saturated rings. The van der Waals surface area contributed by atoms with Gasteiger partial charge in [0.2, 0.25) is 0 Å². The summed E-state index contributed by atoms with van der Waals surface area (Å²) in [7, 11) is -0.874. The maximum absolute atomic E-state index is 6.49. The molecule has 0 atom stereocenters. The van der Waals surface area contributed by atoms with E-state index in [0.717, 1.165) is 46.6 Å². The third-order valence-corrected chi connectivity index (χ3v) is 9.99. The Morgan fingerprint density at radius 2 is 1.25 bits per heavy atom. The quantitative estimate of drug-likeness (QED) is 0.629. The molecule has 1 aromatic carbocycles. The van der Waals surface area contributed by atoms with Gasteiger partial charge in [-0.05, 0) is 97.6 Å². The average Bonchev–Trinajstić information content (AvgIpc) is 3.38. The second-order valence-electron chi connectivity index (χ2n) is 12.5. The Hall–Kier alpha value is -1.35. The van der Waals surface area contributed by atoms with Crippen LogP contribution in [0.15, 0.2) is 30.3 Å². The van der Waals surface area contributed by atoms with Crippen LogP contribution in [0.2, 0.25) is 0 Å². The first-order chi connectivity index (χ1) is 16.7. The van der Waals surface area contributed by atoms with Crippen LogP contribution in [-0.4, -0.2) is 55.8 Å². The Kier molecular flexibility index (Phi) is 6.46. The van der Waals surface area contributed by atoms with Gasteiger partial charge in [0, 0.05) is 34.4 Å². The molecule has 0 aliphatic carbocycles. The molecule has 0 radical (unpaired) electrons. The molecule has 0 spiro atoms. The van der Waals surface area contributed by atoms with Crippen molar-refractivity contribution in [2.24, 2.45) is 5.73 Å². The summed E-state index contributed by atoms with van der Waals surface area (Å²) in [6, 6.07) is 11.4. The normalized spacial score (nSPS) is 25.1. The number of hydrogen-bond donors (Lipinski definition) is 1. The van der Waals surface area contributed by atoms with Crippen molar-refractivity contribution in [1.82, 2.24) is 0 Å². The summed E-state index contributed by atoms with van der Waals surface area (Å²) in [4.78, 5) is 2.42. The average molecular weight is 510 g/mol. The molecule has 6 nitrogen and oxygen atoms in total. The lowest BCUT2D eigenvalue weighted by molar-refractivity contribution is 0.00578. The Morgan fingerprint density at radius 1 is 0.778 bits per heavy atom. The lowest BCUT2D eigenvalue weighted by Crippen LogP contribution is -2.41. The van der Waals surface area contributed by atoms with Crippen LogP contribution in [0.1, 0.15) is 68.2 Å². The van der Waals surface area contributed by atoms with E-state index < -0.39 is 36.6 Å². The minimum atomic E-state index is -0.450. The third-order valence-electron chi connectivity index (χ3n) is 8.82. The van der Waals surface area contributed by atoms with Gasteiger partial charge in [-0.25, -0.2) is 0 Å². The molecule has 3 aliphatic heterocycles. The van der Waals surface area contributed by atoms with E-state index in [2.05, 4.69) is 90.6 Å². The van der Waals surface area contributed by atoms with Crippen LogP contribution >= 0.6 is 11.3 Å². The van der Waals surface area contributed by atoms with Crippen LogP contribution in [0.5, 0.6) is 0 Å². The molecule has 3 saturated heterocycles. The second-order valence-corrected chi connectivity index (χ2v) is 13.6. The number of nitrogens with zero attached hydrogens (tertiary/aromatic N) is 1. The molecule has 194 valence electrons. The number of anilines is 1. The lowest BCUT2D eigenvalue weighted by atomic mass is 9.81. The highest BCUT2D eigenvalue weighted by atomic mass is 32.1. The fourth-order valence-electron chi connectivity index (χ4n) is 4.86. The molecule has 5 rings (SSSR count). The standard InChI is InChI=1S/C27H40B2N2O4S/c1-24(2)25(3,4)33-28(32-24)22-17-21(23(36-22)29-34-26(5,6)27(7,8)35-29)18-9-11-20(12-10-18)31-15-13-19(30)14-16-31/h9-12,17,19H,13-16,30H2,1-8H3. The topological polar surface area (TPSA) is 66.2 Å². The zero-order valence-corrected chi connectivity index (χ0v) is 23.8. The highest BCUT2D eigenvalue weighted by Gasteiger charge is 2.55. The Labute approximate surface area is 221 Å². The first kappa shape index (κ1) is 26.3. The van der Waals surface area contributed by atoms with E-state index in [9.17, 15) is 0 Å². The summed E-state index contributed by atoms with van der Waals surface area (Å²) >= 11 is 1.66. The molecule has 0 bridgehead atoms. The van der Waals surface area contributed by atoms with Gasteiger partial charge in [0.05, 0.1) is 22.4 Å². The molecule has 4 heterocycles. The molecule has 0 saturated carbocycles. The summed E-state index contributed by atoms with van der Waals surface area (Å²) < 4.78 is 27.8. The highest BCUT2D eigenvalue weighted by molar-refractivity contribution is 7.31. The second kappa shape index (κ2) is 8.85. The van der Waals surface area contributed by atoms with E-state index in [1.54, 1.807) is 11.3 Å². The Bertz CT molecular complexity index is 1080. The number of thiophene rings is 1. The minimum absolute atomic E-state index is 0.321. The van der Waals surface area contributed by atoms with Gasteiger partial charge < -0.3 is 29.3 Å². The van der Waals surface area contributed by atoms with Gasteiger partial charge in [-0.3, -0.25) is 0 Å². The molecule has 2 aromatic rings. The zero-order chi connectivity index (χ0) is 26.1. The maximum Gasteiger partial charge on any atom is 0.506 e. The zero-order valence-electron chi connectivity index (χ0n) is 23.0. The lowest BCUT2D eigenvalue weighted by Gasteiger charge is -2.32. The van der Waals surface area contributed by atoms with Crippen LogP contribution in [0, 0.1) is 0 Å². The van der Waals surface area contributed by atoms with Crippen molar-refractivity contribution >= 4 is 40.8 Å². The van der Waals surface area contributed by atoms with Crippen molar-refractivity contribution in [2.75, 3.05) is 18.0 Å². The van der Waals surface area contributed by atoms with E-state index in [-0.39, 0.29) is 0 Å². The number of benzene rings is 1. The molecule has 3 aliphatic rings.